The minimum absolute atomic E-state index is 0.0674. The normalized spacial score (nSPS) is 16.1. The molecule has 2 aromatic heterocycles. The highest BCUT2D eigenvalue weighted by molar-refractivity contribution is 5.66. The number of aromatic nitrogens is 3. The maximum Gasteiger partial charge on any atom is 0.150 e. The van der Waals surface area contributed by atoms with Crippen molar-refractivity contribution in [3.05, 3.63) is 66.4 Å². The predicted octanol–water partition coefficient (Wildman–Crippen LogP) is 3.50. The predicted molar refractivity (Wildman–Crippen MR) is 111 cm³/mol. The van der Waals surface area contributed by atoms with Crippen LogP contribution in [0.15, 0.2) is 55.0 Å². The maximum atomic E-state index is 13.2. The highest BCUT2D eigenvalue weighted by Gasteiger charge is 2.36. The fourth-order valence-electron chi connectivity index (χ4n) is 3.35. The van der Waals surface area contributed by atoms with Crippen LogP contribution in [-0.4, -0.2) is 38.7 Å². The van der Waals surface area contributed by atoms with Gasteiger partial charge in [-0.2, -0.15) is 0 Å². The number of hydrogen-bond donors (Lipinski definition) is 3. The molecule has 0 amide bonds. The molecule has 1 saturated heterocycles. The Morgan fingerprint density at radius 1 is 1.10 bits per heavy atom. The Kier molecular flexibility index (Phi) is 5.02. The van der Waals surface area contributed by atoms with Crippen LogP contribution in [0.3, 0.4) is 0 Å². The molecular weight excluding hydrogens is 371 g/mol. The van der Waals surface area contributed by atoms with Gasteiger partial charge in [-0.05, 0) is 31.5 Å². The molecule has 3 N–H and O–H groups in total. The lowest BCUT2D eigenvalue weighted by molar-refractivity contribution is 0.0310. The number of rotatable bonds is 6. The summed E-state index contributed by atoms with van der Waals surface area (Å²) in [6.45, 7) is 4.91. The van der Waals surface area contributed by atoms with E-state index in [1.165, 1.54) is 12.1 Å². The Bertz CT molecular complexity index is 972. The van der Waals surface area contributed by atoms with Gasteiger partial charge in [-0.1, -0.05) is 12.1 Å². The number of β-amino-alcohol motifs (C(OH)–C–C–N with tert-alkyl or cyclic N) is 1. The van der Waals surface area contributed by atoms with E-state index in [2.05, 4.69) is 30.5 Å². The van der Waals surface area contributed by atoms with Gasteiger partial charge < -0.3 is 20.6 Å². The largest absolute Gasteiger partial charge is 0.386 e. The van der Waals surface area contributed by atoms with E-state index < -0.39 is 5.60 Å². The number of halogens is 1. The molecule has 150 valence electrons. The first-order valence-electron chi connectivity index (χ1n) is 9.42. The van der Waals surface area contributed by atoms with Crippen molar-refractivity contribution in [1.82, 2.24) is 15.0 Å². The molecule has 1 atom stereocenters. The third kappa shape index (κ3) is 4.60. The van der Waals surface area contributed by atoms with Crippen molar-refractivity contribution < 1.29 is 9.50 Å². The van der Waals surface area contributed by atoms with E-state index in [0.717, 1.165) is 11.3 Å². The van der Waals surface area contributed by atoms with Crippen LogP contribution in [0.1, 0.15) is 25.5 Å². The number of nitrogens with zero attached hydrogens (tertiary/aromatic N) is 4. The summed E-state index contributed by atoms with van der Waals surface area (Å²) in [6, 6.07) is 10.2. The number of benzene rings is 1. The standard InChI is InChI=1S/C21H23FN6O/c1-14(15-3-5-16(22)6-4-15)25-18-9-17(28-12-21(2,29)13-28)10-19(26-18)27-20-11-23-7-8-24-20/h3-11,14,29H,12-13H2,1-2H3,(H2,24,25,26,27). The van der Waals surface area contributed by atoms with E-state index in [0.29, 0.717) is 30.5 Å². The van der Waals surface area contributed by atoms with E-state index in [1.54, 1.807) is 30.7 Å². The van der Waals surface area contributed by atoms with Crippen LogP contribution in [0.5, 0.6) is 0 Å². The van der Waals surface area contributed by atoms with Crippen LogP contribution in [0, 0.1) is 5.82 Å². The number of nitrogens with one attached hydrogen (secondary N) is 2. The Morgan fingerprint density at radius 2 is 1.83 bits per heavy atom. The molecule has 8 heteroatoms. The zero-order chi connectivity index (χ0) is 20.4. The molecule has 29 heavy (non-hydrogen) atoms. The Labute approximate surface area is 168 Å². The third-order valence-corrected chi connectivity index (χ3v) is 4.79. The fourth-order valence-corrected chi connectivity index (χ4v) is 3.35. The Hall–Kier alpha value is -3.26. The van der Waals surface area contributed by atoms with E-state index in [9.17, 15) is 9.50 Å². The van der Waals surface area contributed by atoms with E-state index in [4.69, 9.17) is 0 Å². The molecular formula is C21H23FN6O. The fraction of sp³-hybridized carbons (Fsp3) is 0.286. The van der Waals surface area contributed by atoms with Crippen molar-refractivity contribution in [1.29, 1.82) is 0 Å². The second kappa shape index (κ2) is 7.63. The van der Waals surface area contributed by atoms with Gasteiger partial charge in [-0.25, -0.2) is 14.4 Å². The summed E-state index contributed by atoms with van der Waals surface area (Å²) in [6.07, 6.45) is 4.83. The highest BCUT2D eigenvalue weighted by atomic mass is 19.1. The second-order valence-corrected chi connectivity index (χ2v) is 7.58. The Morgan fingerprint density at radius 3 is 2.48 bits per heavy atom. The van der Waals surface area contributed by atoms with Gasteiger partial charge in [0.1, 0.15) is 23.3 Å². The zero-order valence-corrected chi connectivity index (χ0v) is 16.3. The van der Waals surface area contributed by atoms with Gasteiger partial charge in [0.2, 0.25) is 0 Å². The summed E-state index contributed by atoms with van der Waals surface area (Å²) in [5.74, 6) is 1.60. The molecule has 0 radical (unpaired) electrons. The molecule has 0 bridgehead atoms. The lowest BCUT2D eigenvalue weighted by Crippen LogP contribution is -2.60. The number of pyridine rings is 1. The maximum absolute atomic E-state index is 13.2. The van der Waals surface area contributed by atoms with Crippen LogP contribution in [-0.2, 0) is 0 Å². The molecule has 1 aliphatic rings. The summed E-state index contributed by atoms with van der Waals surface area (Å²) in [5.41, 5.74) is 1.21. The molecule has 0 spiro atoms. The van der Waals surface area contributed by atoms with Crippen molar-refractivity contribution in [3.63, 3.8) is 0 Å². The van der Waals surface area contributed by atoms with Crippen LogP contribution >= 0.6 is 0 Å². The van der Waals surface area contributed by atoms with Crippen LogP contribution in [0.2, 0.25) is 0 Å². The molecule has 0 aliphatic carbocycles. The summed E-state index contributed by atoms with van der Waals surface area (Å²) < 4.78 is 13.2. The molecule has 3 aromatic rings. The molecule has 3 heterocycles. The van der Waals surface area contributed by atoms with Crippen molar-refractivity contribution in [3.8, 4) is 0 Å². The minimum Gasteiger partial charge on any atom is -0.386 e. The van der Waals surface area contributed by atoms with Gasteiger partial charge in [0.25, 0.3) is 0 Å². The first-order chi connectivity index (χ1) is 13.9. The van der Waals surface area contributed by atoms with Gasteiger partial charge >= 0.3 is 0 Å². The van der Waals surface area contributed by atoms with Gasteiger partial charge in [0, 0.05) is 49.3 Å². The lowest BCUT2D eigenvalue weighted by atomic mass is 9.96. The molecule has 1 fully saturated rings. The average molecular weight is 394 g/mol. The van der Waals surface area contributed by atoms with Gasteiger partial charge in [0.15, 0.2) is 0 Å². The Balaban J connectivity index is 1.59. The third-order valence-electron chi connectivity index (χ3n) is 4.79. The van der Waals surface area contributed by atoms with Crippen LogP contribution < -0.4 is 15.5 Å². The quantitative estimate of drug-likeness (QED) is 0.590. The number of hydrogen-bond acceptors (Lipinski definition) is 7. The minimum atomic E-state index is -0.684. The smallest absolute Gasteiger partial charge is 0.150 e. The number of anilines is 4. The number of aliphatic hydroxyl groups is 1. The van der Waals surface area contributed by atoms with E-state index in [1.807, 2.05) is 26.0 Å². The monoisotopic (exact) mass is 394 g/mol. The molecule has 7 nitrogen and oxygen atoms in total. The topological polar surface area (TPSA) is 86.2 Å². The zero-order valence-electron chi connectivity index (χ0n) is 16.3. The molecule has 1 unspecified atom stereocenters. The van der Waals surface area contributed by atoms with Crippen molar-refractivity contribution in [2.45, 2.75) is 25.5 Å². The molecule has 0 saturated carbocycles. The first-order valence-corrected chi connectivity index (χ1v) is 9.42. The summed E-state index contributed by atoms with van der Waals surface area (Å²) in [4.78, 5) is 15.0. The summed E-state index contributed by atoms with van der Waals surface area (Å²) >= 11 is 0. The van der Waals surface area contributed by atoms with E-state index in [-0.39, 0.29) is 11.9 Å². The molecule has 1 aromatic carbocycles. The van der Waals surface area contributed by atoms with Gasteiger partial charge in [0.05, 0.1) is 11.8 Å². The van der Waals surface area contributed by atoms with Crippen LogP contribution in [0.4, 0.5) is 27.5 Å². The van der Waals surface area contributed by atoms with E-state index >= 15 is 0 Å². The highest BCUT2D eigenvalue weighted by Crippen LogP contribution is 2.32. The summed E-state index contributed by atoms with van der Waals surface area (Å²) in [7, 11) is 0. The molecule has 4 rings (SSSR count). The summed E-state index contributed by atoms with van der Waals surface area (Å²) in [5, 5.41) is 16.6. The second-order valence-electron chi connectivity index (χ2n) is 7.58. The van der Waals surface area contributed by atoms with Gasteiger partial charge in [-0.15, -0.1) is 0 Å². The van der Waals surface area contributed by atoms with Gasteiger partial charge in [-0.3, -0.25) is 4.98 Å². The lowest BCUT2D eigenvalue weighted by Gasteiger charge is -2.45. The SMILES string of the molecule is CC(Nc1cc(N2CC(C)(O)C2)cc(Nc2cnccn2)n1)c1ccc(F)cc1. The average Bonchev–Trinajstić information content (AvgIpc) is 2.67. The first kappa shape index (κ1) is 19.1. The van der Waals surface area contributed by atoms with Crippen LogP contribution in [0.25, 0.3) is 0 Å². The van der Waals surface area contributed by atoms with Crippen molar-refractivity contribution in [2.75, 3.05) is 28.6 Å². The van der Waals surface area contributed by atoms with Crippen molar-refractivity contribution in [2.24, 2.45) is 0 Å². The van der Waals surface area contributed by atoms with Crippen molar-refractivity contribution >= 4 is 23.1 Å². The molecule has 1 aliphatic heterocycles.